The highest BCUT2D eigenvalue weighted by Crippen LogP contribution is 2.17. The fourth-order valence-electron chi connectivity index (χ4n) is 0.328. The summed E-state index contributed by atoms with van der Waals surface area (Å²) in [5.41, 5.74) is 0. The molecule has 2 N–H and O–H groups in total. The SMILES string of the molecule is CN(C)C(=O)NC(O)C(F)(F)F. The molecule has 0 rings (SSSR count). The molecule has 72 valence electrons. The molecule has 0 aliphatic rings. The van der Waals surface area contributed by atoms with Crippen LogP contribution in [0.15, 0.2) is 0 Å². The number of aliphatic hydroxyl groups is 1. The van der Waals surface area contributed by atoms with Gasteiger partial charge in [0.25, 0.3) is 0 Å². The summed E-state index contributed by atoms with van der Waals surface area (Å²) in [5, 5.41) is 9.66. The zero-order valence-electron chi connectivity index (χ0n) is 6.51. The van der Waals surface area contributed by atoms with E-state index in [1.54, 1.807) is 0 Å². The number of hydrogen-bond donors (Lipinski definition) is 2. The Morgan fingerprint density at radius 3 is 2.17 bits per heavy atom. The first-order chi connectivity index (χ1) is 5.25. The minimum Gasteiger partial charge on any atom is -0.366 e. The summed E-state index contributed by atoms with van der Waals surface area (Å²) < 4.78 is 34.8. The maximum Gasteiger partial charge on any atom is 0.433 e. The number of halogens is 3. The molecule has 0 radical (unpaired) electrons. The average molecular weight is 186 g/mol. The zero-order valence-corrected chi connectivity index (χ0v) is 6.51. The molecule has 0 spiro atoms. The Morgan fingerprint density at radius 2 is 1.92 bits per heavy atom. The molecule has 12 heavy (non-hydrogen) atoms. The number of nitrogens with one attached hydrogen (secondary N) is 1. The van der Waals surface area contributed by atoms with Crippen molar-refractivity contribution < 1.29 is 23.1 Å². The standard InChI is InChI=1S/C5H9F3N2O2/c1-10(2)4(12)9-3(11)5(6,7)8/h3,11H,1-2H3,(H,9,12). The predicted octanol–water partition coefficient (Wildman–Crippen LogP) is 0.138. The van der Waals surface area contributed by atoms with Crippen LogP contribution in [0.3, 0.4) is 0 Å². The third-order valence-corrected chi connectivity index (χ3v) is 0.976. The van der Waals surface area contributed by atoms with E-state index in [1.807, 2.05) is 0 Å². The largest absolute Gasteiger partial charge is 0.433 e. The van der Waals surface area contributed by atoms with Gasteiger partial charge in [0.1, 0.15) is 0 Å². The quantitative estimate of drug-likeness (QED) is 0.572. The number of amides is 2. The molecule has 0 fully saturated rings. The van der Waals surface area contributed by atoms with Crippen molar-refractivity contribution in [3.8, 4) is 0 Å². The lowest BCUT2D eigenvalue weighted by Crippen LogP contribution is -2.48. The Bertz CT molecular complexity index is 169. The Balaban J connectivity index is 4.02. The Labute approximate surface area is 67.0 Å². The van der Waals surface area contributed by atoms with Gasteiger partial charge in [0.15, 0.2) is 0 Å². The van der Waals surface area contributed by atoms with E-state index in [9.17, 15) is 18.0 Å². The van der Waals surface area contributed by atoms with Crippen molar-refractivity contribution in [2.75, 3.05) is 14.1 Å². The maximum absolute atomic E-state index is 11.6. The second-order valence-electron chi connectivity index (χ2n) is 2.29. The maximum atomic E-state index is 11.6. The molecule has 0 aliphatic heterocycles. The summed E-state index contributed by atoms with van der Waals surface area (Å²) in [6, 6.07) is -1.00. The highest BCUT2D eigenvalue weighted by atomic mass is 19.4. The first kappa shape index (κ1) is 11.0. The van der Waals surface area contributed by atoms with E-state index < -0.39 is 18.4 Å². The predicted molar refractivity (Wildman–Crippen MR) is 34.3 cm³/mol. The molecule has 0 aromatic heterocycles. The molecular weight excluding hydrogens is 177 g/mol. The van der Waals surface area contributed by atoms with E-state index in [-0.39, 0.29) is 0 Å². The van der Waals surface area contributed by atoms with Crippen LogP contribution in [0.2, 0.25) is 0 Å². The molecule has 1 unspecified atom stereocenters. The Kier molecular flexibility index (Phi) is 3.32. The molecule has 0 aromatic carbocycles. The van der Waals surface area contributed by atoms with Crippen molar-refractivity contribution >= 4 is 6.03 Å². The summed E-state index contributed by atoms with van der Waals surface area (Å²) in [6.07, 6.45) is -7.64. The fourth-order valence-corrected chi connectivity index (χ4v) is 0.328. The van der Waals surface area contributed by atoms with Crippen molar-refractivity contribution in [2.45, 2.75) is 12.4 Å². The molecule has 0 bridgehead atoms. The molecule has 0 heterocycles. The lowest BCUT2D eigenvalue weighted by molar-refractivity contribution is -0.209. The topological polar surface area (TPSA) is 52.6 Å². The summed E-state index contributed by atoms with van der Waals surface area (Å²) in [4.78, 5) is 11.4. The van der Waals surface area contributed by atoms with E-state index in [0.29, 0.717) is 0 Å². The van der Waals surface area contributed by atoms with Crippen LogP contribution in [-0.2, 0) is 0 Å². The molecule has 7 heteroatoms. The number of rotatable bonds is 1. The van der Waals surface area contributed by atoms with E-state index in [2.05, 4.69) is 0 Å². The number of hydrogen-bond acceptors (Lipinski definition) is 2. The normalized spacial score (nSPS) is 13.8. The smallest absolute Gasteiger partial charge is 0.366 e. The number of carbonyl (C=O) groups is 1. The third-order valence-electron chi connectivity index (χ3n) is 0.976. The van der Waals surface area contributed by atoms with E-state index in [4.69, 9.17) is 5.11 Å². The first-order valence-electron chi connectivity index (χ1n) is 2.97. The van der Waals surface area contributed by atoms with Gasteiger partial charge in [-0.05, 0) is 0 Å². The molecule has 2 amide bonds. The first-order valence-corrected chi connectivity index (χ1v) is 2.97. The average Bonchev–Trinajstić information content (AvgIpc) is 1.85. The van der Waals surface area contributed by atoms with Crippen molar-refractivity contribution in [3.63, 3.8) is 0 Å². The number of alkyl halides is 3. The monoisotopic (exact) mass is 186 g/mol. The van der Waals surface area contributed by atoms with Crippen LogP contribution in [-0.4, -0.2) is 42.5 Å². The van der Waals surface area contributed by atoms with E-state index in [1.165, 1.54) is 19.4 Å². The van der Waals surface area contributed by atoms with Crippen LogP contribution >= 0.6 is 0 Å². The lowest BCUT2D eigenvalue weighted by Gasteiger charge is -2.18. The minimum absolute atomic E-state index is 0.884. The molecule has 1 atom stereocenters. The molecule has 4 nitrogen and oxygen atoms in total. The van der Waals surface area contributed by atoms with Gasteiger partial charge in [-0.3, -0.25) is 0 Å². The third kappa shape index (κ3) is 3.42. The minimum atomic E-state index is -4.83. The van der Waals surface area contributed by atoms with Gasteiger partial charge < -0.3 is 15.3 Å². The lowest BCUT2D eigenvalue weighted by atomic mass is 10.5. The van der Waals surface area contributed by atoms with Crippen LogP contribution in [0.25, 0.3) is 0 Å². The Morgan fingerprint density at radius 1 is 1.50 bits per heavy atom. The van der Waals surface area contributed by atoms with E-state index >= 15 is 0 Å². The van der Waals surface area contributed by atoms with Crippen LogP contribution < -0.4 is 5.32 Å². The van der Waals surface area contributed by atoms with Crippen LogP contribution in [0.4, 0.5) is 18.0 Å². The molecule has 0 saturated carbocycles. The molecule has 0 saturated heterocycles. The zero-order chi connectivity index (χ0) is 9.94. The molecular formula is C5H9F3N2O2. The van der Waals surface area contributed by atoms with Crippen LogP contribution in [0.1, 0.15) is 0 Å². The van der Waals surface area contributed by atoms with Gasteiger partial charge in [-0.15, -0.1) is 0 Å². The molecule has 0 aromatic rings. The highest BCUT2D eigenvalue weighted by molar-refractivity contribution is 5.73. The van der Waals surface area contributed by atoms with Crippen molar-refractivity contribution in [1.82, 2.24) is 10.2 Å². The van der Waals surface area contributed by atoms with E-state index in [0.717, 1.165) is 4.90 Å². The summed E-state index contributed by atoms with van der Waals surface area (Å²) >= 11 is 0. The van der Waals surface area contributed by atoms with Gasteiger partial charge in [0.2, 0.25) is 6.23 Å². The van der Waals surface area contributed by atoms with Gasteiger partial charge in [-0.2, -0.15) is 13.2 Å². The van der Waals surface area contributed by atoms with Crippen molar-refractivity contribution in [2.24, 2.45) is 0 Å². The van der Waals surface area contributed by atoms with Crippen LogP contribution in [0, 0.1) is 0 Å². The fraction of sp³-hybridized carbons (Fsp3) is 0.800. The second-order valence-corrected chi connectivity index (χ2v) is 2.29. The number of nitrogens with zero attached hydrogens (tertiary/aromatic N) is 1. The van der Waals surface area contributed by atoms with Crippen molar-refractivity contribution in [1.29, 1.82) is 0 Å². The highest BCUT2D eigenvalue weighted by Gasteiger charge is 2.39. The number of carbonyl (C=O) groups excluding carboxylic acids is 1. The van der Waals surface area contributed by atoms with Crippen molar-refractivity contribution in [3.05, 3.63) is 0 Å². The number of aliphatic hydroxyl groups excluding tert-OH is 1. The summed E-state index contributed by atoms with van der Waals surface area (Å²) in [6.45, 7) is 0. The summed E-state index contributed by atoms with van der Waals surface area (Å²) in [5.74, 6) is 0. The van der Waals surface area contributed by atoms with Gasteiger partial charge in [-0.1, -0.05) is 0 Å². The van der Waals surface area contributed by atoms with Gasteiger partial charge in [0, 0.05) is 14.1 Å². The number of urea groups is 1. The van der Waals surface area contributed by atoms with Gasteiger partial charge >= 0.3 is 12.2 Å². The van der Waals surface area contributed by atoms with Gasteiger partial charge in [0.05, 0.1) is 0 Å². The summed E-state index contributed by atoms with van der Waals surface area (Å²) in [7, 11) is 2.52. The van der Waals surface area contributed by atoms with Gasteiger partial charge in [-0.25, -0.2) is 4.79 Å². The Hall–Kier alpha value is -0.980. The molecule has 0 aliphatic carbocycles. The second kappa shape index (κ2) is 3.61. The van der Waals surface area contributed by atoms with Crippen LogP contribution in [0.5, 0.6) is 0 Å².